The van der Waals surface area contributed by atoms with Crippen LogP contribution in [0.5, 0.6) is 0 Å². The lowest BCUT2D eigenvalue weighted by molar-refractivity contribution is 0.266. The predicted molar refractivity (Wildman–Crippen MR) is 77.4 cm³/mol. The van der Waals surface area contributed by atoms with Crippen LogP contribution in [-0.2, 0) is 6.54 Å². The molecule has 19 heavy (non-hydrogen) atoms. The van der Waals surface area contributed by atoms with Crippen LogP contribution in [0.4, 0.5) is 5.69 Å². The standard InChI is InChI=1S/C12H19BrN4O2/c1-16-3-2-9(8-16)6-14-10-7-15-17(4-5-18)12(19)11(10)13/h7,9,14,18H,2-6,8H2,1H3. The number of hydrogen-bond acceptors (Lipinski definition) is 5. The fourth-order valence-electron chi connectivity index (χ4n) is 2.29. The molecule has 0 saturated carbocycles. The molecule has 0 amide bonds. The highest BCUT2D eigenvalue weighted by molar-refractivity contribution is 9.10. The van der Waals surface area contributed by atoms with E-state index in [1.165, 1.54) is 11.1 Å². The van der Waals surface area contributed by atoms with E-state index in [1.807, 2.05) is 0 Å². The maximum atomic E-state index is 11.9. The second-order valence-electron chi connectivity index (χ2n) is 4.92. The van der Waals surface area contributed by atoms with Gasteiger partial charge < -0.3 is 15.3 Å². The summed E-state index contributed by atoms with van der Waals surface area (Å²) >= 11 is 3.29. The molecule has 1 fully saturated rings. The molecule has 2 rings (SSSR count). The lowest BCUT2D eigenvalue weighted by Gasteiger charge is -2.14. The number of likely N-dealkylation sites (tertiary alicyclic amines) is 1. The number of nitrogens with one attached hydrogen (secondary N) is 1. The highest BCUT2D eigenvalue weighted by atomic mass is 79.9. The van der Waals surface area contributed by atoms with Crippen molar-refractivity contribution < 1.29 is 5.11 Å². The first-order valence-corrected chi connectivity index (χ1v) is 7.20. The zero-order valence-corrected chi connectivity index (χ0v) is 12.6. The fourth-order valence-corrected chi connectivity index (χ4v) is 2.74. The first-order chi connectivity index (χ1) is 9.11. The molecule has 1 aliphatic rings. The first kappa shape index (κ1) is 14.5. The van der Waals surface area contributed by atoms with Crippen LogP contribution in [0.25, 0.3) is 0 Å². The summed E-state index contributed by atoms with van der Waals surface area (Å²) in [5.41, 5.74) is 0.497. The van der Waals surface area contributed by atoms with Gasteiger partial charge in [-0.25, -0.2) is 4.68 Å². The summed E-state index contributed by atoms with van der Waals surface area (Å²) < 4.78 is 1.72. The number of anilines is 1. The van der Waals surface area contributed by atoms with E-state index in [-0.39, 0.29) is 18.7 Å². The molecule has 1 aromatic rings. The van der Waals surface area contributed by atoms with Gasteiger partial charge in [0.1, 0.15) is 4.47 Å². The molecule has 1 unspecified atom stereocenters. The average molecular weight is 331 g/mol. The summed E-state index contributed by atoms with van der Waals surface area (Å²) in [6.07, 6.45) is 2.80. The zero-order valence-electron chi connectivity index (χ0n) is 11.0. The van der Waals surface area contributed by atoms with Gasteiger partial charge in [-0.1, -0.05) is 0 Å². The second-order valence-corrected chi connectivity index (χ2v) is 5.71. The van der Waals surface area contributed by atoms with Crippen molar-refractivity contribution in [3.05, 3.63) is 21.0 Å². The van der Waals surface area contributed by atoms with Crippen LogP contribution in [0.1, 0.15) is 6.42 Å². The largest absolute Gasteiger partial charge is 0.394 e. The van der Waals surface area contributed by atoms with Gasteiger partial charge >= 0.3 is 0 Å². The molecule has 1 aliphatic heterocycles. The minimum Gasteiger partial charge on any atom is -0.394 e. The minimum atomic E-state index is -0.220. The SMILES string of the molecule is CN1CCC(CNc2cnn(CCO)c(=O)c2Br)C1. The molecule has 1 atom stereocenters. The third-order valence-electron chi connectivity index (χ3n) is 3.37. The van der Waals surface area contributed by atoms with Crippen molar-refractivity contribution in [3.63, 3.8) is 0 Å². The van der Waals surface area contributed by atoms with Crippen molar-refractivity contribution in [1.82, 2.24) is 14.7 Å². The third kappa shape index (κ3) is 3.55. The quantitative estimate of drug-likeness (QED) is 0.815. The molecule has 106 valence electrons. The van der Waals surface area contributed by atoms with Gasteiger partial charge in [0.2, 0.25) is 0 Å². The number of halogens is 1. The Balaban J connectivity index is 2.01. The second kappa shape index (κ2) is 6.49. The maximum absolute atomic E-state index is 11.9. The molecule has 0 aromatic carbocycles. The van der Waals surface area contributed by atoms with E-state index < -0.39 is 0 Å². The van der Waals surface area contributed by atoms with E-state index in [2.05, 4.69) is 38.3 Å². The van der Waals surface area contributed by atoms with Crippen molar-refractivity contribution in [2.45, 2.75) is 13.0 Å². The van der Waals surface area contributed by atoms with Gasteiger partial charge in [0, 0.05) is 13.1 Å². The zero-order chi connectivity index (χ0) is 13.8. The maximum Gasteiger partial charge on any atom is 0.283 e. The van der Waals surface area contributed by atoms with Crippen molar-refractivity contribution in [2.24, 2.45) is 5.92 Å². The smallest absolute Gasteiger partial charge is 0.283 e. The predicted octanol–water partition coefficient (Wildman–Crippen LogP) is 0.362. The topological polar surface area (TPSA) is 70.4 Å². The molecule has 0 aliphatic carbocycles. The number of hydrogen-bond donors (Lipinski definition) is 2. The molecule has 0 radical (unpaired) electrons. The molecular formula is C12H19BrN4O2. The highest BCUT2D eigenvalue weighted by Crippen LogP contribution is 2.19. The van der Waals surface area contributed by atoms with Crippen LogP contribution in [0.2, 0.25) is 0 Å². The number of nitrogens with zero attached hydrogens (tertiary/aromatic N) is 3. The van der Waals surface area contributed by atoms with E-state index in [1.54, 1.807) is 6.20 Å². The van der Waals surface area contributed by atoms with Crippen LogP contribution in [0.15, 0.2) is 15.5 Å². The Kier molecular flexibility index (Phi) is 4.95. The summed E-state index contributed by atoms with van der Waals surface area (Å²) in [5.74, 6) is 0.608. The van der Waals surface area contributed by atoms with Gasteiger partial charge in [0.15, 0.2) is 0 Å². The fraction of sp³-hybridized carbons (Fsp3) is 0.667. The summed E-state index contributed by atoms with van der Waals surface area (Å²) in [5, 5.41) is 16.1. The van der Waals surface area contributed by atoms with Gasteiger partial charge in [0.25, 0.3) is 5.56 Å². The van der Waals surface area contributed by atoms with Crippen LogP contribution in [0.3, 0.4) is 0 Å². The number of aliphatic hydroxyl groups excluding tert-OH is 1. The highest BCUT2D eigenvalue weighted by Gasteiger charge is 2.19. The Morgan fingerprint density at radius 3 is 3.05 bits per heavy atom. The number of aromatic nitrogens is 2. The third-order valence-corrected chi connectivity index (χ3v) is 4.13. The summed E-state index contributed by atoms with van der Waals surface area (Å²) in [6, 6.07) is 0. The summed E-state index contributed by atoms with van der Waals surface area (Å²) in [4.78, 5) is 14.2. The lowest BCUT2D eigenvalue weighted by atomic mass is 10.1. The van der Waals surface area contributed by atoms with Crippen molar-refractivity contribution >= 4 is 21.6 Å². The summed E-state index contributed by atoms with van der Waals surface area (Å²) in [7, 11) is 2.12. The molecule has 2 heterocycles. The lowest BCUT2D eigenvalue weighted by Crippen LogP contribution is -2.26. The Hall–Kier alpha value is -0.920. The molecule has 1 saturated heterocycles. The Morgan fingerprint density at radius 1 is 1.63 bits per heavy atom. The molecule has 6 nitrogen and oxygen atoms in total. The minimum absolute atomic E-state index is 0.0967. The Morgan fingerprint density at radius 2 is 2.42 bits per heavy atom. The van der Waals surface area contributed by atoms with Crippen molar-refractivity contribution in [1.29, 1.82) is 0 Å². The van der Waals surface area contributed by atoms with Crippen LogP contribution < -0.4 is 10.9 Å². The van der Waals surface area contributed by atoms with Crippen LogP contribution in [0, 0.1) is 5.92 Å². The molecule has 7 heteroatoms. The van der Waals surface area contributed by atoms with Crippen molar-refractivity contribution in [3.8, 4) is 0 Å². The number of aliphatic hydroxyl groups is 1. The molecular weight excluding hydrogens is 312 g/mol. The van der Waals surface area contributed by atoms with Crippen LogP contribution in [-0.4, -0.2) is 53.1 Å². The van der Waals surface area contributed by atoms with E-state index in [9.17, 15) is 4.79 Å². The van der Waals surface area contributed by atoms with E-state index in [0.29, 0.717) is 16.1 Å². The van der Waals surface area contributed by atoms with Gasteiger partial charge in [-0.3, -0.25) is 4.79 Å². The van der Waals surface area contributed by atoms with Crippen LogP contribution >= 0.6 is 15.9 Å². The van der Waals surface area contributed by atoms with Crippen molar-refractivity contribution in [2.75, 3.05) is 38.6 Å². The van der Waals surface area contributed by atoms with E-state index in [4.69, 9.17) is 5.11 Å². The van der Waals surface area contributed by atoms with E-state index in [0.717, 1.165) is 19.6 Å². The molecule has 0 bridgehead atoms. The molecule has 2 N–H and O–H groups in total. The Bertz CT molecular complexity index is 491. The van der Waals surface area contributed by atoms with Gasteiger partial charge in [-0.15, -0.1) is 0 Å². The van der Waals surface area contributed by atoms with Gasteiger partial charge in [-0.2, -0.15) is 5.10 Å². The number of rotatable bonds is 5. The van der Waals surface area contributed by atoms with E-state index >= 15 is 0 Å². The Labute approximate surface area is 120 Å². The normalized spacial score (nSPS) is 19.8. The van der Waals surface area contributed by atoms with Gasteiger partial charge in [0.05, 0.1) is 25.0 Å². The molecule has 1 aromatic heterocycles. The summed E-state index contributed by atoms with van der Waals surface area (Å²) in [6.45, 7) is 3.17. The average Bonchev–Trinajstić information content (AvgIpc) is 2.80. The monoisotopic (exact) mass is 330 g/mol. The first-order valence-electron chi connectivity index (χ1n) is 6.40. The van der Waals surface area contributed by atoms with Gasteiger partial charge in [-0.05, 0) is 41.9 Å². The molecule has 0 spiro atoms.